The first kappa shape index (κ1) is 31.0. The van der Waals surface area contributed by atoms with Crippen molar-refractivity contribution in [2.75, 3.05) is 6.61 Å². The molecule has 0 atom stereocenters. The highest BCUT2D eigenvalue weighted by atomic mass is 35.5. The molecule has 0 bridgehead atoms. The Bertz CT molecular complexity index is 1530. The Morgan fingerprint density at radius 2 is 1.30 bits per heavy atom. The molecule has 0 amide bonds. The number of benzene rings is 4. The lowest BCUT2D eigenvalue weighted by atomic mass is 9.78. The van der Waals surface area contributed by atoms with Gasteiger partial charge in [0.05, 0.1) is 26.7 Å². The number of halogens is 4. The molecule has 2 nitrogen and oxygen atoms in total. The van der Waals surface area contributed by atoms with Gasteiger partial charge in [-0.25, -0.2) is 0 Å². The second-order valence-electron chi connectivity index (χ2n) is 9.99. The topological polar surface area (TPSA) is 29.5 Å². The van der Waals surface area contributed by atoms with E-state index in [1.54, 1.807) is 12.1 Å². The van der Waals surface area contributed by atoms with Gasteiger partial charge in [-0.2, -0.15) is 0 Å². The van der Waals surface area contributed by atoms with Crippen LogP contribution in [0.15, 0.2) is 72.8 Å². The van der Waals surface area contributed by atoms with Crippen molar-refractivity contribution in [2.45, 2.75) is 32.6 Å². The number of aromatic hydroxyl groups is 1. The quantitative estimate of drug-likeness (QED) is 0.131. The molecule has 0 aliphatic rings. The molecule has 8 heteroatoms. The van der Waals surface area contributed by atoms with E-state index in [1.165, 1.54) is 0 Å². The van der Waals surface area contributed by atoms with Crippen LogP contribution in [0.4, 0.5) is 0 Å². The molecule has 0 saturated heterocycles. The number of thiol groups is 2. The zero-order valence-electron chi connectivity index (χ0n) is 22.1. The van der Waals surface area contributed by atoms with E-state index in [2.05, 4.69) is 25.1 Å². The molecule has 0 saturated carbocycles. The fourth-order valence-electron chi connectivity index (χ4n) is 4.35. The number of hydrogen-bond donors (Lipinski definition) is 3. The van der Waals surface area contributed by atoms with Crippen LogP contribution in [0.25, 0.3) is 9.81 Å². The van der Waals surface area contributed by atoms with Crippen LogP contribution in [0, 0.1) is 6.92 Å². The van der Waals surface area contributed by atoms with E-state index in [0.717, 1.165) is 43.2 Å². The van der Waals surface area contributed by atoms with Crippen molar-refractivity contribution in [3.8, 4) is 11.5 Å². The van der Waals surface area contributed by atoms with Gasteiger partial charge in [0, 0.05) is 21.6 Å². The van der Waals surface area contributed by atoms with E-state index < -0.39 is 5.41 Å². The van der Waals surface area contributed by atoms with Gasteiger partial charge in [0.25, 0.3) is 0 Å². The van der Waals surface area contributed by atoms with Gasteiger partial charge in [-0.3, -0.25) is 0 Å². The molecule has 4 aromatic carbocycles. The summed E-state index contributed by atoms with van der Waals surface area (Å²) >= 11 is 35.0. The second-order valence-corrected chi connectivity index (χ2v) is 12.5. The van der Waals surface area contributed by atoms with Crippen molar-refractivity contribution >= 4 is 81.5 Å². The Hall–Kier alpha value is -1.92. The first-order chi connectivity index (χ1) is 18.9. The van der Waals surface area contributed by atoms with Crippen molar-refractivity contribution in [2.24, 2.45) is 0 Å². The third kappa shape index (κ3) is 6.75. The highest BCUT2D eigenvalue weighted by Gasteiger charge is 2.27. The molecule has 0 radical (unpaired) electrons. The average molecular weight is 651 g/mol. The maximum atomic E-state index is 9.94. The van der Waals surface area contributed by atoms with Crippen molar-refractivity contribution in [1.82, 2.24) is 0 Å². The third-order valence-electron chi connectivity index (χ3n) is 6.95. The molecular formula is C32H28Cl4O2S2. The Balaban J connectivity index is 1.45. The summed E-state index contributed by atoms with van der Waals surface area (Å²) in [5.74, 6) is 0.286. The minimum Gasteiger partial charge on any atom is -0.505 e. The van der Waals surface area contributed by atoms with Crippen LogP contribution in [0.1, 0.15) is 47.2 Å². The number of aryl methyl sites for hydroxylation is 1. The third-order valence-corrected chi connectivity index (χ3v) is 9.21. The van der Waals surface area contributed by atoms with Gasteiger partial charge in [0.2, 0.25) is 0 Å². The minimum atomic E-state index is -0.541. The fourth-order valence-corrected chi connectivity index (χ4v) is 6.09. The molecule has 0 heterocycles. The molecule has 208 valence electrons. The van der Waals surface area contributed by atoms with Gasteiger partial charge in [0.1, 0.15) is 0 Å². The summed E-state index contributed by atoms with van der Waals surface area (Å²) in [7, 11) is 0. The molecule has 4 aromatic rings. The van der Waals surface area contributed by atoms with Gasteiger partial charge in [0.15, 0.2) is 11.5 Å². The molecule has 40 heavy (non-hydrogen) atoms. The first-order valence-electron chi connectivity index (χ1n) is 12.5. The van der Waals surface area contributed by atoms with Gasteiger partial charge in [-0.1, -0.05) is 109 Å². The predicted octanol–water partition coefficient (Wildman–Crippen LogP) is 10.9. The largest absolute Gasteiger partial charge is 0.505 e. The van der Waals surface area contributed by atoms with Crippen LogP contribution in [0.3, 0.4) is 0 Å². The maximum Gasteiger partial charge on any atom is 0.156 e. The Morgan fingerprint density at radius 1 is 0.775 bits per heavy atom. The molecule has 0 spiro atoms. The molecule has 0 aliphatic carbocycles. The summed E-state index contributed by atoms with van der Waals surface area (Å²) in [6.45, 7) is 6.46. The molecule has 0 aliphatic heterocycles. The van der Waals surface area contributed by atoms with E-state index in [4.69, 9.17) is 76.4 Å². The van der Waals surface area contributed by atoms with Crippen molar-refractivity contribution < 1.29 is 9.84 Å². The van der Waals surface area contributed by atoms with E-state index >= 15 is 0 Å². The summed E-state index contributed by atoms with van der Waals surface area (Å²) in [4.78, 5) is 1.66. The Labute approximate surface area is 266 Å². The van der Waals surface area contributed by atoms with Crippen LogP contribution in [0.2, 0.25) is 20.1 Å². The van der Waals surface area contributed by atoms with E-state index in [9.17, 15) is 5.11 Å². The smallest absolute Gasteiger partial charge is 0.156 e. The van der Waals surface area contributed by atoms with Crippen molar-refractivity contribution in [3.05, 3.63) is 126 Å². The Morgan fingerprint density at radius 3 is 1.85 bits per heavy atom. The monoisotopic (exact) mass is 648 g/mol. The van der Waals surface area contributed by atoms with Gasteiger partial charge >= 0.3 is 0 Å². The Kier molecular flexibility index (Phi) is 10.0. The van der Waals surface area contributed by atoms with E-state index in [0.29, 0.717) is 28.8 Å². The molecule has 1 N–H and O–H groups in total. The highest BCUT2D eigenvalue weighted by Crippen LogP contribution is 2.43. The van der Waals surface area contributed by atoms with E-state index in [1.807, 2.05) is 56.3 Å². The lowest BCUT2D eigenvalue weighted by Crippen LogP contribution is -2.19. The zero-order valence-corrected chi connectivity index (χ0v) is 26.9. The standard InChI is InChI=1S/C32H28Cl4O2S2/c1-18-6-4-5-7-23(18)31(40)30(39)20-10-8-19(9-11-20)12-13-38-29-26(35)16-22(17-27(29)36)32(2,3)21-14-24(33)28(37)25(34)15-21/h4-11,14-17,37,39-40H,12-13H2,1-3H3/b31-30-. The number of phenolic OH excluding ortho intramolecular Hbond substituents is 1. The SMILES string of the molecule is Cc1ccccc1/C(S)=C(/S)c1ccc(CCOc2c(Cl)cc(C(C)(C)c3cc(Cl)c(O)c(Cl)c3)cc2Cl)cc1. The molecule has 0 fully saturated rings. The number of hydrogen-bond acceptors (Lipinski definition) is 4. The summed E-state index contributed by atoms with van der Waals surface area (Å²) in [5, 5.41) is 11.1. The maximum absolute atomic E-state index is 9.94. The van der Waals surface area contributed by atoms with Crippen molar-refractivity contribution in [1.29, 1.82) is 0 Å². The van der Waals surface area contributed by atoms with Crippen LogP contribution < -0.4 is 4.74 Å². The number of rotatable bonds is 8. The summed E-state index contributed by atoms with van der Waals surface area (Å²) in [5.41, 5.74) is 5.43. The predicted molar refractivity (Wildman–Crippen MR) is 178 cm³/mol. The second kappa shape index (κ2) is 12.9. The number of phenols is 1. The van der Waals surface area contributed by atoms with Crippen LogP contribution in [0.5, 0.6) is 11.5 Å². The number of ether oxygens (including phenoxy) is 1. The lowest BCUT2D eigenvalue weighted by molar-refractivity contribution is 0.322. The van der Waals surface area contributed by atoms with Gasteiger partial charge < -0.3 is 9.84 Å². The van der Waals surface area contributed by atoms with Crippen LogP contribution >= 0.6 is 71.7 Å². The van der Waals surface area contributed by atoms with Crippen LogP contribution in [-0.2, 0) is 11.8 Å². The lowest BCUT2D eigenvalue weighted by Gasteiger charge is -2.28. The zero-order chi connectivity index (χ0) is 29.2. The highest BCUT2D eigenvalue weighted by molar-refractivity contribution is 7.96. The van der Waals surface area contributed by atoms with E-state index in [-0.39, 0.29) is 15.8 Å². The summed E-state index contributed by atoms with van der Waals surface area (Å²) < 4.78 is 6.01. The molecule has 4 rings (SSSR count). The average Bonchev–Trinajstić information content (AvgIpc) is 2.92. The van der Waals surface area contributed by atoms with Crippen molar-refractivity contribution in [3.63, 3.8) is 0 Å². The summed E-state index contributed by atoms with van der Waals surface area (Å²) in [6.07, 6.45) is 0.668. The molecule has 0 aromatic heterocycles. The first-order valence-corrected chi connectivity index (χ1v) is 14.9. The molecule has 0 unspecified atom stereocenters. The van der Waals surface area contributed by atoms with Crippen LogP contribution in [-0.4, -0.2) is 11.7 Å². The summed E-state index contributed by atoms with van der Waals surface area (Å²) in [6, 6.07) is 23.3. The van der Waals surface area contributed by atoms with Gasteiger partial charge in [-0.05, 0) is 64.6 Å². The van der Waals surface area contributed by atoms with Gasteiger partial charge in [-0.15, -0.1) is 25.3 Å². The normalized spacial score (nSPS) is 12.3. The molecular weight excluding hydrogens is 622 g/mol. The minimum absolute atomic E-state index is 0.145. The fraction of sp³-hybridized carbons (Fsp3) is 0.188.